The predicted molar refractivity (Wildman–Crippen MR) is 62.8 cm³/mol. The van der Waals surface area contributed by atoms with Gasteiger partial charge in [0.1, 0.15) is 6.61 Å². The van der Waals surface area contributed by atoms with Gasteiger partial charge in [0.25, 0.3) is 0 Å². The number of carbonyl (C=O) groups excluding carboxylic acids is 1. The molecule has 1 aromatic rings. The molecule has 4 nitrogen and oxygen atoms in total. The fraction of sp³-hybridized carbons (Fsp3) is 0.417. The zero-order chi connectivity index (χ0) is 11.6. The van der Waals surface area contributed by atoms with Crippen LogP contribution in [-0.4, -0.2) is 25.6 Å². The van der Waals surface area contributed by atoms with Crippen LogP contribution in [0.5, 0.6) is 0 Å². The van der Waals surface area contributed by atoms with Crippen LogP contribution in [0.4, 0.5) is 0 Å². The summed E-state index contributed by atoms with van der Waals surface area (Å²) in [5, 5.41) is 2.73. The molecular weight excluding hydrogens is 204 g/mol. The third-order valence-corrected chi connectivity index (χ3v) is 2.05. The van der Waals surface area contributed by atoms with E-state index in [2.05, 4.69) is 5.32 Å². The minimum atomic E-state index is -0.0932. The van der Waals surface area contributed by atoms with Gasteiger partial charge in [0.15, 0.2) is 0 Å². The van der Waals surface area contributed by atoms with Crippen molar-refractivity contribution in [3.63, 3.8) is 0 Å². The van der Waals surface area contributed by atoms with Crippen molar-refractivity contribution >= 4 is 5.91 Å². The minimum Gasteiger partial charge on any atom is -0.367 e. The fourth-order valence-electron chi connectivity index (χ4n) is 1.22. The van der Waals surface area contributed by atoms with E-state index in [1.807, 2.05) is 30.3 Å². The maximum absolute atomic E-state index is 11.2. The summed E-state index contributed by atoms with van der Waals surface area (Å²) in [6.07, 6.45) is 0.796. The van der Waals surface area contributed by atoms with Gasteiger partial charge in [-0.15, -0.1) is 0 Å². The van der Waals surface area contributed by atoms with E-state index in [-0.39, 0.29) is 12.5 Å². The van der Waals surface area contributed by atoms with Gasteiger partial charge in [-0.3, -0.25) is 4.79 Å². The number of ether oxygens (including phenoxy) is 1. The Kier molecular flexibility index (Phi) is 6.22. The van der Waals surface area contributed by atoms with Gasteiger partial charge >= 0.3 is 0 Å². The Balaban J connectivity index is 2.09. The predicted octanol–water partition coefficient (Wildman–Crippen LogP) is 0.668. The summed E-state index contributed by atoms with van der Waals surface area (Å²) in [6.45, 7) is 1.76. The molecule has 88 valence electrons. The quantitative estimate of drug-likeness (QED) is 0.666. The van der Waals surface area contributed by atoms with Crippen LogP contribution in [0.3, 0.4) is 0 Å². The smallest absolute Gasteiger partial charge is 0.246 e. The molecule has 0 atom stereocenters. The number of hydrogen-bond donors (Lipinski definition) is 2. The van der Waals surface area contributed by atoms with E-state index in [0.717, 1.165) is 12.0 Å². The summed E-state index contributed by atoms with van der Waals surface area (Å²) in [5.74, 6) is -0.0932. The number of nitrogens with two attached hydrogens (primary N) is 1. The Bertz CT molecular complexity index is 301. The lowest BCUT2D eigenvalue weighted by Crippen LogP contribution is -2.29. The van der Waals surface area contributed by atoms with E-state index in [1.165, 1.54) is 0 Å². The first kappa shape index (κ1) is 12.7. The normalized spacial score (nSPS) is 10.1. The largest absolute Gasteiger partial charge is 0.367 e. The fourth-order valence-corrected chi connectivity index (χ4v) is 1.22. The molecule has 16 heavy (non-hydrogen) atoms. The van der Waals surface area contributed by atoms with Gasteiger partial charge in [-0.2, -0.15) is 0 Å². The second-order valence-corrected chi connectivity index (χ2v) is 3.47. The molecule has 1 aromatic carbocycles. The van der Waals surface area contributed by atoms with Crippen LogP contribution in [0.15, 0.2) is 30.3 Å². The number of hydrogen-bond acceptors (Lipinski definition) is 3. The molecule has 0 unspecified atom stereocenters. The van der Waals surface area contributed by atoms with Gasteiger partial charge in [-0.05, 0) is 18.5 Å². The molecule has 0 radical (unpaired) electrons. The summed E-state index contributed by atoms with van der Waals surface area (Å²) in [4.78, 5) is 11.2. The molecule has 0 aliphatic heterocycles. The van der Waals surface area contributed by atoms with E-state index < -0.39 is 0 Å². The first-order valence-corrected chi connectivity index (χ1v) is 5.41. The maximum atomic E-state index is 11.2. The van der Waals surface area contributed by atoms with Crippen molar-refractivity contribution in [2.75, 3.05) is 19.7 Å². The molecule has 0 saturated carbocycles. The molecular formula is C12H18N2O2. The van der Waals surface area contributed by atoms with Crippen LogP contribution in [0.2, 0.25) is 0 Å². The van der Waals surface area contributed by atoms with Crippen molar-refractivity contribution in [3.8, 4) is 0 Å². The van der Waals surface area contributed by atoms with Crippen molar-refractivity contribution in [3.05, 3.63) is 35.9 Å². The molecule has 0 spiro atoms. The highest BCUT2D eigenvalue weighted by molar-refractivity contribution is 5.77. The summed E-state index contributed by atoms with van der Waals surface area (Å²) < 4.78 is 5.27. The molecule has 3 N–H and O–H groups in total. The Labute approximate surface area is 95.8 Å². The topological polar surface area (TPSA) is 64.3 Å². The second kappa shape index (κ2) is 7.84. The maximum Gasteiger partial charge on any atom is 0.246 e. The van der Waals surface area contributed by atoms with E-state index in [4.69, 9.17) is 10.5 Å². The van der Waals surface area contributed by atoms with Crippen LogP contribution in [0.25, 0.3) is 0 Å². The SMILES string of the molecule is NCCCNC(=O)COCc1ccccc1. The molecule has 0 saturated heterocycles. The summed E-state index contributed by atoms with van der Waals surface area (Å²) >= 11 is 0. The zero-order valence-electron chi connectivity index (χ0n) is 9.32. The monoisotopic (exact) mass is 222 g/mol. The minimum absolute atomic E-state index is 0.0932. The van der Waals surface area contributed by atoms with Crippen LogP contribution in [0, 0.1) is 0 Å². The standard InChI is InChI=1S/C12H18N2O2/c13-7-4-8-14-12(15)10-16-9-11-5-2-1-3-6-11/h1-3,5-6H,4,7-10,13H2,(H,14,15). The Hall–Kier alpha value is -1.39. The van der Waals surface area contributed by atoms with Crippen molar-refractivity contribution < 1.29 is 9.53 Å². The molecule has 0 heterocycles. The lowest BCUT2D eigenvalue weighted by atomic mass is 10.2. The number of nitrogens with one attached hydrogen (secondary N) is 1. The van der Waals surface area contributed by atoms with Crippen molar-refractivity contribution in [2.45, 2.75) is 13.0 Å². The molecule has 0 bridgehead atoms. The third-order valence-electron chi connectivity index (χ3n) is 2.05. The lowest BCUT2D eigenvalue weighted by Gasteiger charge is -2.05. The second-order valence-electron chi connectivity index (χ2n) is 3.47. The zero-order valence-corrected chi connectivity index (χ0v) is 9.32. The highest BCUT2D eigenvalue weighted by Gasteiger charge is 2.00. The average Bonchev–Trinajstić information content (AvgIpc) is 2.31. The average molecular weight is 222 g/mol. The van der Waals surface area contributed by atoms with Gasteiger partial charge in [0, 0.05) is 6.54 Å². The lowest BCUT2D eigenvalue weighted by molar-refractivity contribution is -0.126. The van der Waals surface area contributed by atoms with Gasteiger partial charge < -0.3 is 15.8 Å². The molecule has 1 rings (SSSR count). The van der Waals surface area contributed by atoms with Gasteiger partial charge in [0.2, 0.25) is 5.91 Å². The third kappa shape index (κ3) is 5.48. The summed E-state index contributed by atoms with van der Waals surface area (Å²) in [5.41, 5.74) is 6.38. The number of amides is 1. The number of rotatable bonds is 7. The first-order valence-electron chi connectivity index (χ1n) is 5.41. The van der Waals surface area contributed by atoms with Gasteiger partial charge in [-0.25, -0.2) is 0 Å². The summed E-state index contributed by atoms with van der Waals surface area (Å²) in [6, 6.07) is 9.77. The highest BCUT2D eigenvalue weighted by atomic mass is 16.5. The van der Waals surface area contributed by atoms with Crippen LogP contribution in [0.1, 0.15) is 12.0 Å². The highest BCUT2D eigenvalue weighted by Crippen LogP contribution is 1.99. The molecule has 0 aromatic heterocycles. The van der Waals surface area contributed by atoms with E-state index in [0.29, 0.717) is 19.7 Å². The van der Waals surface area contributed by atoms with Crippen LogP contribution < -0.4 is 11.1 Å². The molecule has 4 heteroatoms. The van der Waals surface area contributed by atoms with E-state index in [1.54, 1.807) is 0 Å². The van der Waals surface area contributed by atoms with Crippen molar-refractivity contribution in [1.82, 2.24) is 5.32 Å². The molecule has 0 aliphatic rings. The summed E-state index contributed by atoms with van der Waals surface area (Å²) in [7, 11) is 0. The van der Waals surface area contributed by atoms with E-state index in [9.17, 15) is 4.79 Å². The molecule has 1 amide bonds. The van der Waals surface area contributed by atoms with Gasteiger partial charge in [-0.1, -0.05) is 30.3 Å². The van der Waals surface area contributed by atoms with Crippen LogP contribution in [-0.2, 0) is 16.1 Å². The van der Waals surface area contributed by atoms with E-state index >= 15 is 0 Å². The van der Waals surface area contributed by atoms with Crippen molar-refractivity contribution in [1.29, 1.82) is 0 Å². The molecule has 0 fully saturated rings. The van der Waals surface area contributed by atoms with Gasteiger partial charge in [0.05, 0.1) is 6.61 Å². The number of benzene rings is 1. The number of carbonyl (C=O) groups is 1. The molecule has 0 aliphatic carbocycles. The first-order chi connectivity index (χ1) is 7.83. The van der Waals surface area contributed by atoms with Crippen molar-refractivity contribution in [2.24, 2.45) is 5.73 Å². The Morgan fingerprint density at radius 2 is 2.06 bits per heavy atom. The van der Waals surface area contributed by atoms with Crippen LogP contribution >= 0.6 is 0 Å². The Morgan fingerprint density at radius 3 is 2.75 bits per heavy atom. The Morgan fingerprint density at radius 1 is 1.31 bits per heavy atom.